The highest BCUT2D eigenvalue weighted by atomic mass is 32.2. The van der Waals surface area contributed by atoms with E-state index in [4.69, 9.17) is 0 Å². The number of amidine groups is 2. The molecule has 142 valence electrons. The summed E-state index contributed by atoms with van der Waals surface area (Å²) in [6, 6.07) is 13.0. The van der Waals surface area contributed by atoms with Crippen LogP contribution in [-0.4, -0.2) is 39.5 Å². The van der Waals surface area contributed by atoms with Crippen molar-refractivity contribution in [3.63, 3.8) is 0 Å². The molecule has 0 bridgehead atoms. The second kappa shape index (κ2) is 7.24. The van der Waals surface area contributed by atoms with Crippen LogP contribution in [0.4, 0.5) is 11.4 Å². The van der Waals surface area contributed by atoms with Crippen molar-refractivity contribution in [1.29, 1.82) is 0 Å². The van der Waals surface area contributed by atoms with Crippen molar-refractivity contribution >= 4 is 46.0 Å². The van der Waals surface area contributed by atoms with Gasteiger partial charge in [-0.2, -0.15) is 0 Å². The third-order valence-corrected chi connectivity index (χ3v) is 5.72. The molecule has 0 aromatic heterocycles. The molecule has 0 radical (unpaired) electrons. The summed E-state index contributed by atoms with van der Waals surface area (Å²) in [6.07, 6.45) is 0. The van der Waals surface area contributed by atoms with Crippen LogP contribution in [-0.2, 0) is 9.59 Å². The van der Waals surface area contributed by atoms with Gasteiger partial charge in [-0.25, -0.2) is 9.89 Å². The summed E-state index contributed by atoms with van der Waals surface area (Å²) >= 11 is 1.24. The van der Waals surface area contributed by atoms with Gasteiger partial charge in [0.2, 0.25) is 5.91 Å². The molecule has 1 atom stereocenters. The van der Waals surface area contributed by atoms with E-state index in [9.17, 15) is 9.59 Å². The molecule has 4 rings (SSSR count). The lowest BCUT2D eigenvalue weighted by Crippen LogP contribution is -2.41. The Hall–Kier alpha value is -2.93. The second-order valence-electron chi connectivity index (χ2n) is 6.85. The van der Waals surface area contributed by atoms with Crippen molar-refractivity contribution in [1.82, 2.24) is 4.90 Å². The van der Waals surface area contributed by atoms with Crippen LogP contribution in [0.2, 0.25) is 0 Å². The van der Waals surface area contributed by atoms with E-state index in [0.717, 1.165) is 22.5 Å². The Morgan fingerprint density at radius 2 is 1.96 bits per heavy atom. The number of hydrogen-bond acceptors (Lipinski definition) is 5. The van der Waals surface area contributed by atoms with Gasteiger partial charge in [0.25, 0.3) is 5.91 Å². The quantitative estimate of drug-likeness (QED) is 0.866. The number of benzene rings is 2. The molecule has 2 aliphatic rings. The largest absolute Gasteiger partial charge is 0.325 e. The van der Waals surface area contributed by atoms with E-state index in [0.29, 0.717) is 11.0 Å². The zero-order valence-corrected chi connectivity index (χ0v) is 16.7. The fourth-order valence-corrected chi connectivity index (χ4v) is 3.92. The number of carbonyl (C=O) groups excluding carboxylic acids is 2. The van der Waals surface area contributed by atoms with Gasteiger partial charge in [0.15, 0.2) is 5.17 Å². The van der Waals surface area contributed by atoms with Crippen LogP contribution in [0, 0.1) is 13.8 Å². The molecule has 28 heavy (non-hydrogen) atoms. The zero-order chi connectivity index (χ0) is 19.8. The molecule has 0 spiro atoms. The summed E-state index contributed by atoms with van der Waals surface area (Å²) in [5.74, 6) is 0.498. The molecule has 0 saturated heterocycles. The van der Waals surface area contributed by atoms with Crippen molar-refractivity contribution in [2.75, 3.05) is 11.1 Å². The van der Waals surface area contributed by atoms with E-state index in [2.05, 4.69) is 15.3 Å². The highest BCUT2D eigenvalue weighted by Gasteiger charge is 2.39. The molecule has 2 aromatic carbocycles. The SMILES string of the molecule is Cc1ccc(NC(=O)CSC2=Nc3ccccc3C3=N[C@@H](C)C(=O)N23)cc1C. The Kier molecular flexibility index (Phi) is 4.77. The Balaban J connectivity index is 1.52. The van der Waals surface area contributed by atoms with Crippen molar-refractivity contribution in [3.8, 4) is 0 Å². The molecule has 0 saturated carbocycles. The van der Waals surface area contributed by atoms with Gasteiger partial charge < -0.3 is 5.32 Å². The smallest absolute Gasteiger partial charge is 0.258 e. The van der Waals surface area contributed by atoms with Crippen LogP contribution in [0.3, 0.4) is 0 Å². The summed E-state index contributed by atoms with van der Waals surface area (Å²) in [5.41, 5.74) is 4.66. The number of aliphatic imine (C=N–C) groups is 2. The molecule has 0 unspecified atom stereocenters. The number of thioether (sulfide) groups is 1. The summed E-state index contributed by atoms with van der Waals surface area (Å²) in [7, 11) is 0. The second-order valence-corrected chi connectivity index (χ2v) is 7.79. The van der Waals surface area contributed by atoms with Crippen LogP contribution in [0.25, 0.3) is 0 Å². The average molecular weight is 392 g/mol. The number of para-hydroxylation sites is 1. The highest BCUT2D eigenvalue weighted by molar-refractivity contribution is 8.14. The minimum atomic E-state index is -0.448. The highest BCUT2D eigenvalue weighted by Crippen LogP contribution is 2.33. The minimum absolute atomic E-state index is 0.120. The first kappa shape index (κ1) is 18.4. The van der Waals surface area contributed by atoms with E-state index >= 15 is 0 Å². The van der Waals surface area contributed by atoms with Gasteiger partial charge in [0, 0.05) is 11.3 Å². The van der Waals surface area contributed by atoms with E-state index < -0.39 is 6.04 Å². The first-order chi connectivity index (χ1) is 13.4. The van der Waals surface area contributed by atoms with Gasteiger partial charge >= 0.3 is 0 Å². The van der Waals surface area contributed by atoms with Gasteiger partial charge in [-0.15, -0.1) is 0 Å². The van der Waals surface area contributed by atoms with E-state index in [1.54, 1.807) is 6.92 Å². The molecule has 0 aliphatic carbocycles. The fourth-order valence-electron chi connectivity index (χ4n) is 3.12. The molecule has 1 N–H and O–H groups in total. The van der Waals surface area contributed by atoms with Gasteiger partial charge in [0.05, 0.1) is 11.4 Å². The van der Waals surface area contributed by atoms with E-state index in [1.807, 2.05) is 56.3 Å². The number of rotatable bonds is 3. The monoisotopic (exact) mass is 392 g/mol. The Morgan fingerprint density at radius 3 is 2.75 bits per heavy atom. The van der Waals surface area contributed by atoms with Crippen molar-refractivity contribution in [3.05, 3.63) is 59.2 Å². The van der Waals surface area contributed by atoms with Crippen LogP contribution in [0.5, 0.6) is 0 Å². The third-order valence-electron chi connectivity index (χ3n) is 4.78. The maximum absolute atomic E-state index is 12.6. The van der Waals surface area contributed by atoms with Crippen LogP contribution in [0.15, 0.2) is 52.4 Å². The lowest BCUT2D eigenvalue weighted by atomic mass is 10.1. The molecular formula is C21H20N4O2S. The molecule has 6 nitrogen and oxygen atoms in total. The predicted octanol–water partition coefficient (Wildman–Crippen LogP) is 3.65. The Labute approximate surface area is 167 Å². The standard InChI is InChI=1S/C21H20N4O2S/c1-12-8-9-15(10-13(12)2)23-18(26)11-28-21-24-17-7-5-4-6-16(17)19-22-14(3)20(27)25(19)21/h4-10,14H,11H2,1-3H3,(H,23,26)/t14-/m0/s1. The van der Waals surface area contributed by atoms with E-state index in [1.165, 1.54) is 22.2 Å². The predicted molar refractivity (Wildman–Crippen MR) is 113 cm³/mol. The first-order valence-corrected chi connectivity index (χ1v) is 10.0. The maximum atomic E-state index is 12.6. The number of anilines is 1. The Bertz CT molecular complexity index is 1040. The maximum Gasteiger partial charge on any atom is 0.258 e. The Morgan fingerprint density at radius 1 is 1.18 bits per heavy atom. The number of nitrogens with zero attached hydrogens (tertiary/aromatic N) is 3. The number of aryl methyl sites for hydroxylation is 2. The molecule has 7 heteroatoms. The summed E-state index contributed by atoms with van der Waals surface area (Å²) < 4.78 is 0. The first-order valence-electron chi connectivity index (χ1n) is 9.04. The van der Waals surface area contributed by atoms with Crippen LogP contribution >= 0.6 is 11.8 Å². The minimum Gasteiger partial charge on any atom is -0.325 e. The summed E-state index contributed by atoms with van der Waals surface area (Å²) in [4.78, 5) is 35.6. The van der Waals surface area contributed by atoms with Crippen molar-refractivity contribution in [2.45, 2.75) is 26.8 Å². The average Bonchev–Trinajstić information content (AvgIpc) is 2.98. The van der Waals surface area contributed by atoms with Gasteiger partial charge in [-0.3, -0.25) is 14.6 Å². The number of amides is 2. The van der Waals surface area contributed by atoms with Crippen molar-refractivity contribution in [2.24, 2.45) is 9.98 Å². The normalized spacial score (nSPS) is 17.6. The number of nitrogens with one attached hydrogen (secondary N) is 1. The molecule has 0 fully saturated rings. The fraction of sp³-hybridized carbons (Fsp3) is 0.238. The van der Waals surface area contributed by atoms with Crippen LogP contribution in [0.1, 0.15) is 23.6 Å². The zero-order valence-electron chi connectivity index (χ0n) is 15.9. The van der Waals surface area contributed by atoms with Crippen molar-refractivity contribution < 1.29 is 9.59 Å². The molecular weight excluding hydrogens is 372 g/mol. The topological polar surface area (TPSA) is 74.1 Å². The van der Waals surface area contributed by atoms with Crippen LogP contribution < -0.4 is 5.32 Å². The molecule has 2 amide bonds. The summed E-state index contributed by atoms with van der Waals surface area (Å²) in [5, 5.41) is 3.39. The molecule has 2 aliphatic heterocycles. The van der Waals surface area contributed by atoms with Gasteiger partial charge in [0.1, 0.15) is 11.9 Å². The molecule has 2 heterocycles. The van der Waals surface area contributed by atoms with Gasteiger partial charge in [-0.1, -0.05) is 30.0 Å². The lowest BCUT2D eigenvalue weighted by Gasteiger charge is -2.25. The lowest BCUT2D eigenvalue weighted by molar-refractivity contribution is -0.124. The number of carbonyl (C=O) groups is 2. The number of hydrogen-bond donors (Lipinski definition) is 1. The summed E-state index contributed by atoms with van der Waals surface area (Å²) in [6.45, 7) is 5.81. The number of fused-ring (bicyclic) bond motifs is 3. The van der Waals surface area contributed by atoms with Gasteiger partial charge in [-0.05, 0) is 56.2 Å². The van der Waals surface area contributed by atoms with E-state index in [-0.39, 0.29) is 17.6 Å². The molecule has 2 aromatic rings. The third kappa shape index (κ3) is 3.33.